The lowest BCUT2D eigenvalue weighted by molar-refractivity contribution is 0.104. The zero-order valence-corrected chi connectivity index (χ0v) is 13.1. The first-order valence-corrected chi connectivity index (χ1v) is 7.93. The molecule has 4 rings (SSSR count). The van der Waals surface area contributed by atoms with E-state index in [1.165, 1.54) is 11.1 Å². The molecule has 0 saturated carbocycles. The predicted octanol–water partition coefficient (Wildman–Crippen LogP) is 4.56. The molecule has 23 heavy (non-hydrogen) atoms. The fourth-order valence-electron chi connectivity index (χ4n) is 3.84. The first-order valence-electron chi connectivity index (χ1n) is 7.93. The third-order valence-corrected chi connectivity index (χ3v) is 4.96. The van der Waals surface area contributed by atoms with Gasteiger partial charge in [-0.2, -0.15) is 0 Å². The van der Waals surface area contributed by atoms with E-state index < -0.39 is 0 Å². The number of hydrogen-bond donors (Lipinski definition) is 0. The van der Waals surface area contributed by atoms with Gasteiger partial charge in [-0.05, 0) is 47.8 Å². The van der Waals surface area contributed by atoms with Crippen LogP contribution >= 0.6 is 0 Å². The Bertz CT molecular complexity index is 827. The van der Waals surface area contributed by atoms with E-state index in [1.54, 1.807) is 13.2 Å². The summed E-state index contributed by atoms with van der Waals surface area (Å²) in [6, 6.07) is 16.2. The Hall–Kier alpha value is -2.61. The van der Waals surface area contributed by atoms with E-state index in [0.717, 1.165) is 29.7 Å². The Morgan fingerprint density at radius 2 is 1.83 bits per heavy atom. The van der Waals surface area contributed by atoms with Crippen LogP contribution in [0.5, 0.6) is 5.75 Å². The van der Waals surface area contributed by atoms with Gasteiger partial charge in [0.1, 0.15) is 5.75 Å². The number of ketones is 1. The molecule has 2 aromatic rings. The van der Waals surface area contributed by atoms with Crippen molar-refractivity contribution < 1.29 is 9.53 Å². The summed E-state index contributed by atoms with van der Waals surface area (Å²) < 4.78 is 5.26. The standard InChI is InChI=1S/C21H18O2/c1-23-16-10-8-15(9-11-16)18-7-4-13-21(18)14-12-20(22)17-5-2-3-6-19(17)21/h2-3,5-12,14H,4,13H2,1H3. The molecule has 1 atom stereocenters. The summed E-state index contributed by atoms with van der Waals surface area (Å²) in [7, 11) is 1.68. The zero-order chi connectivity index (χ0) is 15.9. The van der Waals surface area contributed by atoms with E-state index in [-0.39, 0.29) is 11.2 Å². The Kier molecular flexibility index (Phi) is 3.19. The molecule has 0 heterocycles. The normalized spacial score (nSPS) is 22.1. The molecule has 2 aliphatic carbocycles. The third kappa shape index (κ3) is 2.06. The van der Waals surface area contributed by atoms with Gasteiger partial charge in [-0.1, -0.05) is 48.6 Å². The van der Waals surface area contributed by atoms with E-state index in [9.17, 15) is 4.79 Å². The van der Waals surface area contributed by atoms with Crippen molar-refractivity contribution in [2.24, 2.45) is 0 Å². The van der Waals surface area contributed by atoms with Crippen molar-refractivity contribution in [1.82, 2.24) is 0 Å². The number of ether oxygens (including phenoxy) is 1. The van der Waals surface area contributed by atoms with Crippen molar-refractivity contribution in [2.75, 3.05) is 7.11 Å². The highest BCUT2D eigenvalue weighted by atomic mass is 16.5. The van der Waals surface area contributed by atoms with Crippen molar-refractivity contribution in [1.29, 1.82) is 0 Å². The van der Waals surface area contributed by atoms with E-state index >= 15 is 0 Å². The second kappa shape index (κ2) is 5.24. The lowest BCUT2D eigenvalue weighted by Gasteiger charge is -2.34. The van der Waals surface area contributed by atoms with Gasteiger partial charge in [0.25, 0.3) is 0 Å². The van der Waals surface area contributed by atoms with Crippen molar-refractivity contribution in [2.45, 2.75) is 18.3 Å². The zero-order valence-electron chi connectivity index (χ0n) is 13.1. The van der Waals surface area contributed by atoms with Crippen LogP contribution < -0.4 is 4.74 Å². The molecule has 1 unspecified atom stereocenters. The number of fused-ring (bicyclic) bond motifs is 2. The molecule has 0 aromatic heterocycles. The largest absolute Gasteiger partial charge is 0.497 e. The number of hydrogen-bond acceptors (Lipinski definition) is 2. The van der Waals surface area contributed by atoms with E-state index in [2.05, 4.69) is 30.4 Å². The number of carbonyl (C=O) groups excluding carboxylic acids is 1. The minimum absolute atomic E-state index is 0.104. The summed E-state index contributed by atoms with van der Waals surface area (Å²) in [6.45, 7) is 0. The minimum atomic E-state index is -0.181. The quantitative estimate of drug-likeness (QED) is 0.812. The molecule has 0 fully saturated rings. The van der Waals surface area contributed by atoms with Gasteiger partial charge in [-0.15, -0.1) is 0 Å². The summed E-state index contributed by atoms with van der Waals surface area (Å²) in [5.74, 6) is 0.961. The molecule has 0 N–H and O–H groups in total. The molecule has 2 heteroatoms. The van der Waals surface area contributed by atoms with E-state index in [4.69, 9.17) is 4.74 Å². The maximum absolute atomic E-state index is 12.2. The van der Waals surface area contributed by atoms with Crippen LogP contribution in [0.15, 0.2) is 66.8 Å². The summed E-state index contributed by atoms with van der Waals surface area (Å²) >= 11 is 0. The summed E-state index contributed by atoms with van der Waals surface area (Å²) in [4.78, 5) is 12.2. The van der Waals surface area contributed by atoms with Crippen LogP contribution in [-0.2, 0) is 5.41 Å². The van der Waals surface area contributed by atoms with E-state index in [1.807, 2.05) is 30.3 Å². The van der Waals surface area contributed by atoms with Gasteiger partial charge in [-0.3, -0.25) is 4.79 Å². The molecule has 0 aliphatic heterocycles. The maximum atomic E-state index is 12.2. The first kappa shape index (κ1) is 14.0. The molecule has 0 amide bonds. The Morgan fingerprint density at radius 1 is 1.04 bits per heavy atom. The molecular weight excluding hydrogens is 284 g/mol. The molecule has 0 radical (unpaired) electrons. The van der Waals surface area contributed by atoms with Crippen molar-refractivity contribution in [3.05, 3.63) is 83.4 Å². The SMILES string of the molecule is COc1ccc(C2=CCCC23C=CC(=O)c2ccccc23)cc1. The number of rotatable bonds is 2. The molecule has 114 valence electrons. The van der Waals surface area contributed by atoms with Crippen LogP contribution in [0, 0.1) is 0 Å². The molecule has 1 spiro atoms. The smallest absolute Gasteiger partial charge is 0.185 e. The predicted molar refractivity (Wildman–Crippen MR) is 91.8 cm³/mol. The van der Waals surface area contributed by atoms with Gasteiger partial charge < -0.3 is 4.74 Å². The van der Waals surface area contributed by atoms with Crippen LogP contribution in [0.2, 0.25) is 0 Å². The van der Waals surface area contributed by atoms with Gasteiger partial charge in [0.05, 0.1) is 7.11 Å². The van der Waals surface area contributed by atoms with Crippen molar-refractivity contribution in [3.63, 3.8) is 0 Å². The molecule has 2 nitrogen and oxygen atoms in total. The number of allylic oxidation sites excluding steroid dienone is 4. The Labute approximate surface area is 136 Å². The highest BCUT2D eigenvalue weighted by Crippen LogP contribution is 2.50. The second-order valence-corrected chi connectivity index (χ2v) is 6.10. The average Bonchev–Trinajstić information content (AvgIpc) is 3.03. The van der Waals surface area contributed by atoms with Crippen LogP contribution in [0.3, 0.4) is 0 Å². The molecular formula is C21H18O2. The molecule has 2 aliphatic rings. The number of carbonyl (C=O) groups is 1. The van der Waals surface area contributed by atoms with Crippen LogP contribution in [0.25, 0.3) is 5.57 Å². The fraction of sp³-hybridized carbons (Fsp3) is 0.190. The highest BCUT2D eigenvalue weighted by molar-refractivity contribution is 6.09. The topological polar surface area (TPSA) is 26.3 Å². The van der Waals surface area contributed by atoms with Crippen molar-refractivity contribution >= 4 is 11.4 Å². The number of benzene rings is 2. The Balaban J connectivity index is 1.86. The summed E-state index contributed by atoms with van der Waals surface area (Å²) in [5, 5.41) is 0. The van der Waals surface area contributed by atoms with Gasteiger partial charge in [0.15, 0.2) is 5.78 Å². The lowest BCUT2D eigenvalue weighted by Crippen LogP contribution is -2.28. The van der Waals surface area contributed by atoms with Crippen molar-refractivity contribution in [3.8, 4) is 5.75 Å². The van der Waals surface area contributed by atoms with Crippen LogP contribution in [-0.4, -0.2) is 12.9 Å². The monoisotopic (exact) mass is 302 g/mol. The lowest BCUT2D eigenvalue weighted by atomic mass is 9.68. The Morgan fingerprint density at radius 3 is 2.61 bits per heavy atom. The van der Waals surface area contributed by atoms with Gasteiger partial charge in [0.2, 0.25) is 0 Å². The molecule has 2 aromatic carbocycles. The highest BCUT2D eigenvalue weighted by Gasteiger charge is 2.41. The fourth-order valence-corrected chi connectivity index (χ4v) is 3.84. The van der Waals surface area contributed by atoms with E-state index in [0.29, 0.717) is 0 Å². The second-order valence-electron chi connectivity index (χ2n) is 6.10. The van der Waals surface area contributed by atoms with Gasteiger partial charge in [0, 0.05) is 11.0 Å². The first-order chi connectivity index (χ1) is 11.2. The minimum Gasteiger partial charge on any atom is -0.497 e. The molecule has 0 bridgehead atoms. The average molecular weight is 302 g/mol. The third-order valence-electron chi connectivity index (χ3n) is 4.96. The maximum Gasteiger partial charge on any atom is 0.185 e. The van der Waals surface area contributed by atoms with Crippen LogP contribution in [0.1, 0.15) is 34.3 Å². The number of methoxy groups -OCH3 is 1. The van der Waals surface area contributed by atoms with Gasteiger partial charge in [-0.25, -0.2) is 0 Å². The summed E-state index contributed by atoms with van der Waals surface area (Å²) in [6.07, 6.45) is 8.17. The summed E-state index contributed by atoms with van der Waals surface area (Å²) in [5.41, 5.74) is 4.26. The molecule has 0 saturated heterocycles. The van der Waals surface area contributed by atoms with Gasteiger partial charge >= 0.3 is 0 Å². The van der Waals surface area contributed by atoms with Crippen LogP contribution in [0.4, 0.5) is 0 Å².